The molecule has 0 saturated carbocycles. The summed E-state index contributed by atoms with van der Waals surface area (Å²) in [4.78, 5) is 17.0. The van der Waals surface area contributed by atoms with E-state index in [0.717, 1.165) is 35.6 Å². The van der Waals surface area contributed by atoms with Crippen LogP contribution in [0.5, 0.6) is 0 Å². The van der Waals surface area contributed by atoms with Gasteiger partial charge in [-0.3, -0.25) is 4.79 Å². The Hall–Kier alpha value is -2.02. The maximum Gasteiger partial charge on any atom is 0.230 e. The summed E-state index contributed by atoms with van der Waals surface area (Å²) in [5, 5.41) is 4.43. The van der Waals surface area contributed by atoms with E-state index in [2.05, 4.69) is 22.0 Å². The summed E-state index contributed by atoms with van der Waals surface area (Å²) in [5.41, 5.74) is 3.03. The van der Waals surface area contributed by atoms with E-state index in [4.69, 9.17) is 21.3 Å². The van der Waals surface area contributed by atoms with E-state index in [0.29, 0.717) is 23.9 Å². The Bertz CT molecular complexity index is 955. The number of carbonyl (C=O) groups excluding carboxylic acids is 1. The van der Waals surface area contributed by atoms with Gasteiger partial charge in [0.25, 0.3) is 0 Å². The molecule has 0 bridgehead atoms. The summed E-state index contributed by atoms with van der Waals surface area (Å²) in [7, 11) is 0. The van der Waals surface area contributed by atoms with Crippen LogP contribution >= 0.6 is 23.4 Å². The average molecular weight is 416 g/mol. The smallest absolute Gasteiger partial charge is 0.230 e. The highest BCUT2D eigenvalue weighted by atomic mass is 35.5. The van der Waals surface area contributed by atoms with Gasteiger partial charge in [0.1, 0.15) is 0 Å². The van der Waals surface area contributed by atoms with Gasteiger partial charge in [-0.15, -0.1) is 0 Å². The molecule has 0 spiro atoms. The summed E-state index contributed by atoms with van der Waals surface area (Å²) < 4.78 is 7.69. The largest absolute Gasteiger partial charge is 0.376 e. The van der Waals surface area contributed by atoms with E-state index in [9.17, 15) is 4.79 Å². The third kappa shape index (κ3) is 4.69. The molecule has 2 aromatic carbocycles. The van der Waals surface area contributed by atoms with Gasteiger partial charge in [0, 0.05) is 18.2 Å². The number of hydrogen-bond acceptors (Lipinski definition) is 4. The van der Waals surface area contributed by atoms with Gasteiger partial charge in [-0.1, -0.05) is 53.7 Å². The molecule has 1 unspecified atom stereocenters. The van der Waals surface area contributed by atoms with Crippen LogP contribution in [0.2, 0.25) is 5.02 Å². The number of imidazole rings is 1. The third-order valence-electron chi connectivity index (χ3n) is 4.74. The molecule has 1 aromatic heterocycles. The van der Waals surface area contributed by atoms with Crippen LogP contribution in [0.25, 0.3) is 11.0 Å². The van der Waals surface area contributed by atoms with Crippen LogP contribution in [-0.4, -0.2) is 40.5 Å². The molecule has 1 aliphatic rings. The van der Waals surface area contributed by atoms with Crippen LogP contribution in [-0.2, 0) is 16.1 Å². The number of carbonyl (C=O) groups is 1. The van der Waals surface area contributed by atoms with E-state index in [1.807, 2.05) is 36.4 Å². The summed E-state index contributed by atoms with van der Waals surface area (Å²) in [5.74, 6) is 0.315. The number of ether oxygens (including phenoxy) is 1. The SMILES string of the molecule is O=C(CSc1nc2cc(Cl)ccc2n1Cc1ccccc1)NCC1CCCO1. The molecule has 0 aliphatic carbocycles. The first kappa shape index (κ1) is 19.3. The Labute approximate surface area is 173 Å². The van der Waals surface area contributed by atoms with Gasteiger partial charge in [0.15, 0.2) is 5.16 Å². The molecule has 0 radical (unpaired) electrons. The van der Waals surface area contributed by atoms with Gasteiger partial charge < -0.3 is 14.6 Å². The molecule has 1 fully saturated rings. The van der Waals surface area contributed by atoms with Crippen LogP contribution < -0.4 is 5.32 Å². The maximum absolute atomic E-state index is 12.3. The van der Waals surface area contributed by atoms with Crippen LogP contribution in [0.15, 0.2) is 53.7 Å². The Morgan fingerprint density at radius 1 is 1.29 bits per heavy atom. The van der Waals surface area contributed by atoms with Crippen LogP contribution in [0.4, 0.5) is 0 Å². The zero-order valence-corrected chi connectivity index (χ0v) is 17.0. The van der Waals surface area contributed by atoms with Crippen molar-refractivity contribution in [2.45, 2.75) is 30.6 Å². The minimum Gasteiger partial charge on any atom is -0.376 e. The van der Waals surface area contributed by atoms with Crippen molar-refractivity contribution in [2.75, 3.05) is 18.9 Å². The Kier molecular flexibility index (Phi) is 6.20. The van der Waals surface area contributed by atoms with Gasteiger partial charge in [-0.2, -0.15) is 0 Å². The lowest BCUT2D eigenvalue weighted by Gasteiger charge is -2.11. The molecule has 1 aliphatic heterocycles. The fourth-order valence-electron chi connectivity index (χ4n) is 3.32. The van der Waals surface area contributed by atoms with Gasteiger partial charge >= 0.3 is 0 Å². The summed E-state index contributed by atoms with van der Waals surface area (Å²) in [6, 6.07) is 15.9. The Balaban J connectivity index is 1.48. The second-order valence-electron chi connectivity index (χ2n) is 6.83. The quantitative estimate of drug-likeness (QED) is 0.589. The first-order chi connectivity index (χ1) is 13.7. The summed E-state index contributed by atoms with van der Waals surface area (Å²) in [6.45, 7) is 2.07. The summed E-state index contributed by atoms with van der Waals surface area (Å²) >= 11 is 7.58. The molecule has 1 atom stereocenters. The van der Waals surface area contributed by atoms with Gasteiger partial charge in [-0.05, 0) is 36.6 Å². The van der Waals surface area contributed by atoms with Crippen molar-refractivity contribution in [3.05, 3.63) is 59.1 Å². The first-order valence-corrected chi connectivity index (χ1v) is 10.8. The zero-order valence-electron chi connectivity index (χ0n) is 15.4. The highest BCUT2D eigenvalue weighted by Gasteiger charge is 2.17. The molecule has 4 rings (SSSR count). The fourth-order valence-corrected chi connectivity index (χ4v) is 4.33. The molecule has 2 heterocycles. The van der Waals surface area contributed by atoms with E-state index in [1.165, 1.54) is 17.3 Å². The molecule has 7 heteroatoms. The van der Waals surface area contributed by atoms with Crippen molar-refractivity contribution in [2.24, 2.45) is 0 Å². The molecule has 146 valence electrons. The molecule has 1 N–H and O–H groups in total. The number of amides is 1. The number of aromatic nitrogens is 2. The molecule has 5 nitrogen and oxygen atoms in total. The van der Waals surface area contributed by atoms with Crippen molar-refractivity contribution in [3.63, 3.8) is 0 Å². The van der Waals surface area contributed by atoms with Crippen LogP contribution in [0, 0.1) is 0 Å². The lowest BCUT2D eigenvalue weighted by atomic mass is 10.2. The van der Waals surface area contributed by atoms with Crippen molar-refractivity contribution >= 4 is 40.3 Å². The lowest BCUT2D eigenvalue weighted by molar-refractivity contribution is -0.119. The lowest BCUT2D eigenvalue weighted by Crippen LogP contribution is -2.32. The van der Waals surface area contributed by atoms with Gasteiger partial charge in [0.2, 0.25) is 5.91 Å². The maximum atomic E-state index is 12.3. The van der Waals surface area contributed by atoms with Crippen molar-refractivity contribution in [1.82, 2.24) is 14.9 Å². The molecule has 1 saturated heterocycles. The minimum absolute atomic E-state index is 0.00292. The topological polar surface area (TPSA) is 56.2 Å². The molecular formula is C21H22ClN3O2S. The highest BCUT2D eigenvalue weighted by molar-refractivity contribution is 7.99. The predicted molar refractivity (Wildman–Crippen MR) is 113 cm³/mol. The van der Waals surface area contributed by atoms with E-state index < -0.39 is 0 Å². The first-order valence-electron chi connectivity index (χ1n) is 9.40. The number of hydrogen-bond donors (Lipinski definition) is 1. The predicted octanol–water partition coefficient (Wildman–Crippen LogP) is 4.13. The van der Waals surface area contributed by atoms with Crippen molar-refractivity contribution in [1.29, 1.82) is 0 Å². The van der Waals surface area contributed by atoms with Crippen molar-refractivity contribution < 1.29 is 9.53 Å². The Morgan fingerprint density at radius 3 is 2.93 bits per heavy atom. The normalized spacial score (nSPS) is 16.5. The Morgan fingerprint density at radius 2 is 2.14 bits per heavy atom. The number of halogens is 1. The van der Waals surface area contributed by atoms with Crippen molar-refractivity contribution in [3.8, 4) is 0 Å². The molecule has 3 aromatic rings. The number of thioether (sulfide) groups is 1. The standard InChI is InChI=1S/C21H22ClN3O2S/c22-16-8-9-19-18(11-16)24-21(25(19)13-15-5-2-1-3-6-15)28-14-20(26)23-12-17-7-4-10-27-17/h1-3,5-6,8-9,11,17H,4,7,10,12-14H2,(H,23,26). The molecule has 1 amide bonds. The number of fused-ring (bicyclic) bond motifs is 1. The number of rotatable bonds is 7. The average Bonchev–Trinajstić information content (AvgIpc) is 3.33. The van der Waals surface area contributed by atoms with Gasteiger partial charge in [0.05, 0.1) is 29.4 Å². The second-order valence-corrected chi connectivity index (χ2v) is 8.21. The number of benzene rings is 2. The van der Waals surface area contributed by atoms with E-state index >= 15 is 0 Å². The second kappa shape index (κ2) is 8.99. The third-order valence-corrected chi connectivity index (χ3v) is 5.95. The highest BCUT2D eigenvalue weighted by Crippen LogP contribution is 2.27. The monoisotopic (exact) mass is 415 g/mol. The molecule has 28 heavy (non-hydrogen) atoms. The van der Waals surface area contributed by atoms with Crippen LogP contribution in [0.1, 0.15) is 18.4 Å². The fraction of sp³-hybridized carbons (Fsp3) is 0.333. The number of nitrogens with one attached hydrogen (secondary N) is 1. The summed E-state index contributed by atoms with van der Waals surface area (Å²) in [6.07, 6.45) is 2.24. The van der Waals surface area contributed by atoms with E-state index in [1.54, 1.807) is 0 Å². The minimum atomic E-state index is -0.00292. The zero-order chi connectivity index (χ0) is 19.3. The van der Waals surface area contributed by atoms with Crippen LogP contribution in [0.3, 0.4) is 0 Å². The van der Waals surface area contributed by atoms with E-state index in [-0.39, 0.29) is 12.0 Å². The molecular weight excluding hydrogens is 394 g/mol. The number of nitrogens with zero attached hydrogens (tertiary/aromatic N) is 2. The van der Waals surface area contributed by atoms with Gasteiger partial charge in [-0.25, -0.2) is 4.98 Å².